The Kier molecular flexibility index (Phi) is 3.13. The lowest BCUT2D eigenvalue weighted by Crippen LogP contribution is -2.29. The van der Waals surface area contributed by atoms with Crippen molar-refractivity contribution in [3.63, 3.8) is 0 Å². The summed E-state index contributed by atoms with van der Waals surface area (Å²) in [5, 5.41) is 0. The quantitative estimate of drug-likeness (QED) is 0.567. The molecule has 0 unspecified atom stereocenters. The summed E-state index contributed by atoms with van der Waals surface area (Å²) in [6, 6.07) is 0. The van der Waals surface area contributed by atoms with Gasteiger partial charge in [0.25, 0.3) is 0 Å². The second-order valence-corrected chi connectivity index (χ2v) is 4.17. The molecule has 64 valence electrons. The van der Waals surface area contributed by atoms with Crippen LogP contribution < -0.4 is 0 Å². The predicted molar refractivity (Wildman–Crippen MR) is 48.3 cm³/mol. The van der Waals surface area contributed by atoms with E-state index in [4.69, 9.17) is 11.2 Å². The van der Waals surface area contributed by atoms with Crippen LogP contribution in [-0.2, 0) is 4.74 Å². The maximum absolute atomic E-state index is 5.36. The van der Waals surface area contributed by atoms with Crippen LogP contribution in [0.3, 0.4) is 0 Å². The Morgan fingerprint density at radius 3 is 2.00 bits per heavy atom. The largest absolute Gasteiger partial charge is 0.379 e. The average Bonchev–Trinajstić information content (AvgIpc) is 1.86. The summed E-state index contributed by atoms with van der Waals surface area (Å²) in [4.78, 5) is 0. The standard InChI is InChI=1S/C10H18O/c1-7-9(2,3)8-10(4,5)11-6/h1H,8H2,2-6H3. The summed E-state index contributed by atoms with van der Waals surface area (Å²) < 4.78 is 5.28. The number of terminal acetylenes is 1. The van der Waals surface area contributed by atoms with E-state index in [0.717, 1.165) is 6.42 Å². The molecule has 0 aromatic rings. The molecule has 0 bridgehead atoms. The van der Waals surface area contributed by atoms with Crippen LogP contribution in [0.1, 0.15) is 34.1 Å². The fourth-order valence-electron chi connectivity index (χ4n) is 1.19. The third-order valence-corrected chi connectivity index (χ3v) is 1.81. The van der Waals surface area contributed by atoms with Gasteiger partial charge in [0.05, 0.1) is 5.60 Å². The summed E-state index contributed by atoms with van der Waals surface area (Å²) in [5.74, 6) is 2.75. The van der Waals surface area contributed by atoms with Gasteiger partial charge in [-0.3, -0.25) is 0 Å². The van der Waals surface area contributed by atoms with Crippen LogP contribution in [0, 0.1) is 17.8 Å². The Balaban J connectivity index is 4.16. The van der Waals surface area contributed by atoms with E-state index in [9.17, 15) is 0 Å². The van der Waals surface area contributed by atoms with Crippen LogP contribution in [-0.4, -0.2) is 12.7 Å². The van der Waals surface area contributed by atoms with Crippen molar-refractivity contribution in [2.45, 2.75) is 39.7 Å². The van der Waals surface area contributed by atoms with Crippen LogP contribution in [0.4, 0.5) is 0 Å². The van der Waals surface area contributed by atoms with Gasteiger partial charge in [0, 0.05) is 12.5 Å². The van der Waals surface area contributed by atoms with Crippen molar-refractivity contribution >= 4 is 0 Å². The molecule has 0 fully saturated rings. The number of hydrogen-bond donors (Lipinski definition) is 0. The van der Waals surface area contributed by atoms with Gasteiger partial charge in [-0.2, -0.15) is 0 Å². The van der Waals surface area contributed by atoms with Gasteiger partial charge in [-0.25, -0.2) is 0 Å². The summed E-state index contributed by atoms with van der Waals surface area (Å²) in [6.07, 6.45) is 6.24. The van der Waals surface area contributed by atoms with Gasteiger partial charge in [-0.1, -0.05) is 0 Å². The molecule has 0 radical (unpaired) electrons. The van der Waals surface area contributed by atoms with Crippen molar-refractivity contribution in [1.29, 1.82) is 0 Å². The zero-order valence-corrected chi connectivity index (χ0v) is 8.19. The molecule has 0 heterocycles. The molecule has 0 amide bonds. The first-order valence-corrected chi connectivity index (χ1v) is 3.86. The zero-order chi connectivity index (χ0) is 9.12. The van der Waals surface area contributed by atoms with Crippen LogP contribution >= 0.6 is 0 Å². The minimum atomic E-state index is -0.115. The lowest BCUT2D eigenvalue weighted by Gasteiger charge is -2.30. The molecule has 0 aromatic carbocycles. The molecule has 11 heavy (non-hydrogen) atoms. The second-order valence-electron chi connectivity index (χ2n) is 4.17. The van der Waals surface area contributed by atoms with E-state index in [1.54, 1.807) is 7.11 Å². The molecular weight excluding hydrogens is 136 g/mol. The molecule has 0 N–H and O–H groups in total. The molecule has 0 aliphatic carbocycles. The third-order valence-electron chi connectivity index (χ3n) is 1.81. The van der Waals surface area contributed by atoms with Gasteiger partial charge in [0.2, 0.25) is 0 Å². The van der Waals surface area contributed by atoms with Gasteiger partial charge in [-0.05, 0) is 34.1 Å². The highest BCUT2D eigenvalue weighted by Crippen LogP contribution is 2.28. The summed E-state index contributed by atoms with van der Waals surface area (Å²) in [5.41, 5.74) is -0.185. The van der Waals surface area contributed by atoms with Gasteiger partial charge in [-0.15, -0.1) is 12.3 Å². The van der Waals surface area contributed by atoms with E-state index < -0.39 is 0 Å². The fourth-order valence-corrected chi connectivity index (χ4v) is 1.19. The monoisotopic (exact) mass is 154 g/mol. The SMILES string of the molecule is C#CC(C)(C)CC(C)(C)OC. The molecule has 0 spiro atoms. The van der Waals surface area contributed by atoms with Crippen molar-refractivity contribution in [2.75, 3.05) is 7.11 Å². The van der Waals surface area contributed by atoms with Crippen LogP contribution in [0.25, 0.3) is 0 Å². The van der Waals surface area contributed by atoms with E-state index in [1.807, 2.05) is 27.7 Å². The maximum atomic E-state index is 5.36. The van der Waals surface area contributed by atoms with Crippen molar-refractivity contribution < 1.29 is 4.74 Å². The van der Waals surface area contributed by atoms with Crippen molar-refractivity contribution in [1.82, 2.24) is 0 Å². The molecule has 0 atom stereocenters. The van der Waals surface area contributed by atoms with Crippen molar-refractivity contribution in [2.24, 2.45) is 5.41 Å². The molecule has 0 saturated heterocycles. The fraction of sp³-hybridized carbons (Fsp3) is 0.800. The predicted octanol–water partition coefficient (Wildman–Crippen LogP) is 2.46. The van der Waals surface area contributed by atoms with E-state index in [0.29, 0.717) is 0 Å². The van der Waals surface area contributed by atoms with E-state index in [-0.39, 0.29) is 11.0 Å². The summed E-state index contributed by atoms with van der Waals surface area (Å²) >= 11 is 0. The highest BCUT2D eigenvalue weighted by molar-refractivity contribution is 5.02. The second kappa shape index (κ2) is 3.28. The minimum Gasteiger partial charge on any atom is -0.379 e. The topological polar surface area (TPSA) is 9.23 Å². The average molecular weight is 154 g/mol. The molecular formula is C10H18O. The number of ether oxygens (including phenoxy) is 1. The normalized spacial score (nSPS) is 12.7. The van der Waals surface area contributed by atoms with Crippen LogP contribution in [0.2, 0.25) is 0 Å². The Morgan fingerprint density at radius 2 is 1.73 bits per heavy atom. The first-order chi connectivity index (χ1) is 4.83. The van der Waals surface area contributed by atoms with Gasteiger partial charge >= 0.3 is 0 Å². The first-order valence-electron chi connectivity index (χ1n) is 3.86. The third kappa shape index (κ3) is 4.06. The lowest BCUT2D eigenvalue weighted by atomic mass is 9.82. The number of methoxy groups -OCH3 is 1. The molecule has 1 nitrogen and oxygen atoms in total. The lowest BCUT2D eigenvalue weighted by molar-refractivity contribution is -0.00302. The Bertz CT molecular complexity index is 160. The minimum absolute atomic E-state index is 0.0699. The van der Waals surface area contributed by atoms with Crippen molar-refractivity contribution in [3.05, 3.63) is 0 Å². The highest BCUT2D eigenvalue weighted by atomic mass is 16.5. The Labute approximate surface area is 70.1 Å². The number of rotatable bonds is 3. The van der Waals surface area contributed by atoms with Crippen LogP contribution in [0.15, 0.2) is 0 Å². The van der Waals surface area contributed by atoms with Gasteiger partial charge < -0.3 is 4.74 Å². The molecule has 1 heteroatoms. The van der Waals surface area contributed by atoms with Crippen LogP contribution in [0.5, 0.6) is 0 Å². The zero-order valence-electron chi connectivity index (χ0n) is 8.19. The Morgan fingerprint density at radius 1 is 1.27 bits per heavy atom. The van der Waals surface area contributed by atoms with Gasteiger partial charge in [0.15, 0.2) is 0 Å². The highest BCUT2D eigenvalue weighted by Gasteiger charge is 2.26. The molecule has 0 rings (SSSR count). The van der Waals surface area contributed by atoms with E-state index >= 15 is 0 Å². The van der Waals surface area contributed by atoms with Crippen molar-refractivity contribution in [3.8, 4) is 12.3 Å². The summed E-state index contributed by atoms with van der Waals surface area (Å²) in [7, 11) is 1.71. The number of hydrogen-bond acceptors (Lipinski definition) is 1. The van der Waals surface area contributed by atoms with Gasteiger partial charge in [0.1, 0.15) is 0 Å². The first kappa shape index (κ1) is 10.5. The Hall–Kier alpha value is -0.480. The van der Waals surface area contributed by atoms with E-state index in [2.05, 4.69) is 5.92 Å². The molecule has 0 aromatic heterocycles. The maximum Gasteiger partial charge on any atom is 0.0637 e. The summed E-state index contributed by atoms with van der Waals surface area (Å²) in [6.45, 7) is 8.19. The molecule has 0 aliphatic heterocycles. The molecule has 0 saturated carbocycles. The molecule has 0 aliphatic rings. The van der Waals surface area contributed by atoms with E-state index in [1.165, 1.54) is 0 Å². The smallest absolute Gasteiger partial charge is 0.0637 e.